The zero-order valence-electron chi connectivity index (χ0n) is 13.9. The van der Waals surface area contributed by atoms with Gasteiger partial charge in [0.25, 0.3) is 0 Å². The fourth-order valence-corrected chi connectivity index (χ4v) is 2.59. The maximum atomic E-state index is 12.1. The highest BCUT2D eigenvalue weighted by molar-refractivity contribution is 6.13. The summed E-state index contributed by atoms with van der Waals surface area (Å²) in [4.78, 5) is 27.9. The third kappa shape index (κ3) is 2.71. The highest BCUT2D eigenvalue weighted by atomic mass is 16.7. The van der Waals surface area contributed by atoms with Gasteiger partial charge in [0.05, 0.1) is 7.11 Å². The summed E-state index contributed by atoms with van der Waals surface area (Å²) in [5.41, 5.74) is 0.922. The summed E-state index contributed by atoms with van der Waals surface area (Å²) in [7, 11) is 1.28. The first-order chi connectivity index (χ1) is 12.5. The Morgan fingerprint density at radius 1 is 1.23 bits per heavy atom. The topological polar surface area (TPSA) is 96.6 Å². The van der Waals surface area contributed by atoms with E-state index in [9.17, 15) is 9.59 Å². The molecule has 1 aromatic carbocycles. The van der Waals surface area contributed by atoms with Crippen LogP contribution in [0.4, 0.5) is 0 Å². The van der Waals surface area contributed by atoms with Crippen molar-refractivity contribution in [2.24, 2.45) is 4.99 Å². The van der Waals surface area contributed by atoms with Crippen molar-refractivity contribution in [2.45, 2.75) is 6.92 Å². The van der Waals surface area contributed by atoms with Crippen LogP contribution in [-0.2, 0) is 14.3 Å². The van der Waals surface area contributed by atoms with Crippen LogP contribution < -0.4 is 9.47 Å². The summed E-state index contributed by atoms with van der Waals surface area (Å²) in [6.45, 7) is 1.78. The van der Waals surface area contributed by atoms with E-state index in [1.165, 1.54) is 19.3 Å². The van der Waals surface area contributed by atoms with Crippen molar-refractivity contribution in [3.8, 4) is 11.5 Å². The Kier molecular flexibility index (Phi) is 3.72. The van der Waals surface area contributed by atoms with Crippen LogP contribution in [0, 0.1) is 6.92 Å². The van der Waals surface area contributed by atoms with Gasteiger partial charge in [-0.2, -0.15) is 0 Å². The fraction of sp³-hybridized carbons (Fsp3) is 0.167. The number of hydrogen-bond donors (Lipinski definition) is 0. The number of esters is 2. The molecule has 2 aliphatic heterocycles. The van der Waals surface area contributed by atoms with Gasteiger partial charge < -0.3 is 23.4 Å². The van der Waals surface area contributed by atoms with E-state index in [0.29, 0.717) is 28.6 Å². The molecule has 0 bridgehead atoms. The molecule has 2 aliphatic rings. The van der Waals surface area contributed by atoms with E-state index in [1.807, 2.05) is 0 Å². The normalized spacial score (nSPS) is 16.6. The number of rotatable bonds is 3. The number of carbonyl (C=O) groups is 2. The predicted octanol–water partition coefficient (Wildman–Crippen LogP) is 2.45. The van der Waals surface area contributed by atoms with Crippen molar-refractivity contribution in [1.29, 1.82) is 0 Å². The van der Waals surface area contributed by atoms with Gasteiger partial charge in [-0.05, 0) is 31.2 Å². The number of nitrogens with zero attached hydrogens (tertiary/aromatic N) is 1. The molecule has 0 unspecified atom stereocenters. The van der Waals surface area contributed by atoms with Crippen LogP contribution in [-0.4, -0.2) is 31.7 Å². The lowest BCUT2D eigenvalue weighted by atomic mass is 10.2. The van der Waals surface area contributed by atoms with E-state index in [1.54, 1.807) is 25.1 Å². The molecule has 1 aromatic heterocycles. The summed E-state index contributed by atoms with van der Waals surface area (Å²) in [6, 6.07) is 6.60. The zero-order valence-corrected chi connectivity index (χ0v) is 13.9. The molecule has 8 nitrogen and oxygen atoms in total. The van der Waals surface area contributed by atoms with Crippen molar-refractivity contribution in [3.63, 3.8) is 0 Å². The second kappa shape index (κ2) is 6.07. The minimum absolute atomic E-state index is 0.0582. The summed E-state index contributed by atoms with van der Waals surface area (Å²) < 4.78 is 25.9. The molecule has 0 radical (unpaired) electrons. The first kappa shape index (κ1) is 15.9. The minimum atomic E-state index is -0.619. The van der Waals surface area contributed by atoms with E-state index in [2.05, 4.69) is 9.73 Å². The molecule has 8 heteroatoms. The molecule has 0 atom stereocenters. The second-order valence-electron chi connectivity index (χ2n) is 5.51. The third-order valence-corrected chi connectivity index (χ3v) is 3.86. The quantitative estimate of drug-likeness (QED) is 0.616. The van der Waals surface area contributed by atoms with Gasteiger partial charge in [-0.25, -0.2) is 14.6 Å². The second-order valence-corrected chi connectivity index (χ2v) is 5.51. The van der Waals surface area contributed by atoms with Crippen LogP contribution in [0.2, 0.25) is 0 Å². The van der Waals surface area contributed by atoms with Crippen molar-refractivity contribution in [2.75, 3.05) is 13.9 Å². The van der Waals surface area contributed by atoms with Crippen LogP contribution in [0.15, 0.2) is 39.4 Å². The molecular weight excluding hydrogens is 342 g/mol. The lowest BCUT2D eigenvalue weighted by molar-refractivity contribution is -0.129. The summed E-state index contributed by atoms with van der Waals surface area (Å²) >= 11 is 0. The summed E-state index contributed by atoms with van der Waals surface area (Å²) in [5.74, 6) is 0.872. The first-order valence-electron chi connectivity index (χ1n) is 7.66. The van der Waals surface area contributed by atoms with Crippen LogP contribution in [0.3, 0.4) is 0 Å². The number of methoxy groups -OCH3 is 1. The third-order valence-electron chi connectivity index (χ3n) is 3.86. The molecule has 3 heterocycles. The Labute approximate surface area is 147 Å². The number of furan rings is 1. The number of cyclic esters (lactones) is 1. The molecule has 2 aromatic rings. The van der Waals surface area contributed by atoms with Crippen molar-refractivity contribution in [3.05, 3.63) is 52.6 Å². The molecule has 0 N–H and O–H groups in total. The lowest BCUT2D eigenvalue weighted by Crippen LogP contribution is -2.05. The molecule has 26 heavy (non-hydrogen) atoms. The van der Waals surface area contributed by atoms with Crippen LogP contribution >= 0.6 is 0 Å². The van der Waals surface area contributed by atoms with Crippen LogP contribution in [0.1, 0.15) is 27.4 Å². The van der Waals surface area contributed by atoms with Gasteiger partial charge in [-0.3, -0.25) is 0 Å². The molecule has 132 valence electrons. The first-order valence-corrected chi connectivity index (χ1v) is 7.66. The number of ether oxygens (including phenoxy) is 4. The van der Waals surface area contributed by atoms with Crippen molar-refractivity contribution in [1.82, 2.24) is 0 Å². The van der Waals surface area contributed by atoms with Gasteiger partial charge in [0, 0.05) is 11.6 Å². The molecule has 0 amide bonds. The Bertz CT molecular complexity index is 983. The number of aryl methyl sites for hydroxylation is 1. The van der Waals surface area contributed by atoms with E-state index in [0.717, 1.165) is 0 Å². The number of carbonyl (C=O) groups excluding carboxylic acids is 2. The highest BCUT2D eigenvalue weighted by Gasteiger charge is 2.26. The fourth-order valence-electron chi connectivity index (χ4n) is 2.59. The monoisotopic (exact) mass is 355 g/mol. The molecule has 0 aliphatic carbocycles. The maximum absolute atomic E-state index is 12.1. The predicted molar refractivity (Wildman–Crippen MR) is 88.0 cm³/mol. The molecule has 0 spiro atoms. The number of fused-ring (bicyclic) bond motifs is 1. The molecule has 0 fully saturated rings. The summed E-state index contributed by atoms with van der Waals surface area (Å²) in [5, 5.41) is 0. The number of aliphatic imine (C=N–C) groups is 1. The molecular formula is C18H13NO7. The van der Waals surface area contributed by atoms with Crippen LogP contribution in [0.5, 0.6) is 11.5 Å². The van der Waals surface area contributed by atoms with Gasteiger partial charge in [0.15, 0.2) is 17.2 Å². The number of hydrogen-bond acceptors (Lipinski definition) is 8. The van der Waals surface area contributed by atoms with Gasteiger partial charge >= 0.3 is 11.9 Å². The van der Waals surface area contributed by atoms with E-state index in [4.69, 9.17) is 18.6 Å². The largest absolute Gasteiger partial charge is 0.465 e. The maximum Gasteiger partial charge on any atom is 0.363 e. The average molecular weight is 355 g/mol. The Morgan fingerprint density at radius 2 is 2.04 bits per heavy atom. The SMILES string of the molecule is COC(=O)c1cc(/C=C2\N=C(c3ccc4c(c3)OCO4)OC2=O)oc1C. The molecule has 0 saturated carbocycles. The smallest absolute Gasteiger partial charge is 0.363 e. The van der Waals surface area contributed by atoms with E-state index < -0.39 is 11.9 Å². The molecule has 0 saturated heterocycles. The van der Waals surface area contributed by atoms with E-state index >= 15 is 0 Å². The average Bonchev–Trinajstić information content (AvgIpc) is 3.33. The minimum Gasteiger partial charge on any atom is -0.465 e. The molecule has 4 rings (SSSR count). The lowest BCUT2D eigenvalue weighted by Gasteiger charge is -2.01. The van der Waals surface area contributed by atoms with Gasteiger partial charge in [0.2, 0.25) is 12.7 Å². The van der Waals surface area contributed by atoms with Crippen molar-refractivity contribution >= 4 is 23.9 Å². The number of benzene rings is 1. The van der Waals surface area contributed by atoms with Gasteiger partial charge in [-0.15, -0.1) is 0 Å². The van der Waals surface area contributed by atoms with E-state index in [-0.39, 0.29) is 24.0 Å². The summed E-state index contributed by atoms with van der Waals surface area (Å²) in [6.07, 6.45) is 1.40. The van der Waals surface area contributed by atoms with Gasteiger partial charge in [0.1, 0.15) is 17.1 Å². The Morgan fingerprint density at radius 3 is 2.85 bits per heavy atom. The highest BCUT2D eigenvalue weighted by Crippen LogP contribution is 2.33. The standard InChI is InChI=1S/C18H13NO7/c1-9-12(17(20)22-2)6-11(25-9)7-13-18(21)26-16(19-13)10-3-4-14-15(5-10)24-8-23-14/h3-7H,8H2,1-2H3/b13-7-. The Balaban J connectivity index is 1.64. The van der Waals surface area contributed by atoms with Crippen molar-refractivity contribution < 1.29 is 33.0 Å². The Hall–Kier alpha value is -3.55. The zero-order chi connectivity index (χ0) is 18.3. The van der Waals surface area contributed by atoms with Gasteiger partial charge in [-0.1, -0.05) is 0 Å². The van der Waals surface area contributed by atoms with Crippen LogP contribution in [0.25, 0.3) is 6.08 Å².